The highest BCUT2D eigenvalue weighted by Gasteiger charge is 2.25. The molecular formula is C18H31Cl2N3O2. The minimum atomic E-state index is 0. The van der Waals surface area contributed by atoms with Crippen molar-refractivity contribution in [3.8, 4) is 5.75 Å². The molecule has 0 saturated carbocycles. The molecule has 5 nitrogen and oxygen atoms in total. The number of amides is 1. The molecule has 1 saturated heterocycles. The lowest BCUT2D eigenvalue weighted by atomic mass is 9.97. The highest BCUT2D eigenvalue weighted by molar-refractivity contribution is 5.97. The van der Waals surface area contributed by atoms with E-state index in [4.69, 9.17) is 4.74 Å². The molecule has 0 spiro atoms. The summed E-state index contributed by atoms with van der Waals surface area (Å²) < 4.78 is 5.83. The molecule has 1 aromatic carbocycles. The Kier molecular flexibility index (Phi) is 11.9. The Morgan fingerprint density at radius 2 is 2.04 bits per heavy atom. The lowest BCUT2D eigenvalue weighted by Gasteiger charge is -2.33. The van der Waals surface area contributed by atoms with Crippen LogP contribution in [-0.2, 0) is 0 Å². The van der Waals surface area contributed by atoms with Crippen LogP contribution in [0.1, 0.15) is 23.2 Å². The van der Waals surface area contributed by atoms with E-state index >= 15 is 0 Å². The van der Waals surface area contributed by atoms with Crippen molar-refractivity contribution in [2.75, 3.05) is 53.9 Å². The summed E-state index contributed by atoms with van der Waals surface area (Å²) in [4.78, 5) is 16.9. The predicted octanol–water partition coefficient (Wildman–Crippen LogP) is 2.54. The van der Waals surface area contributed by atoms with Gasteiger partial charge in [-0.25, -0.2) is 0 Å². The number of hydrogen-bond acceptors (Lipinski definition) is 4. The molecular weight excluding hydrogens is 361 g/mol. The molecule has 25 heavy (non-hydrogen) atoms. The third kappa shape index (κ3) is 7.40. The molecule has 1 aliphatic heterocycles. The van der Waals surface area contributed by atoms with Crippen molar-refractivity contribution in [3.05, 3.63) is 29.8 Å². The molecule has 144 valence electrons. The number of benzene rings is 1. The third-order valence-electron chi connectivity index (χ3n) is 4.21. The van der Waals surface area contributed by atoms with Crippen LogP contribution in [0.25, 0.3) is 0 Å². The topological polar surface area (TPSA) is 44.8 Å². The molecule has 1 aliphatic rings. The summed E-state index contributed by atoms with van der Waals surface area (Å²) in [6, 6.07) is 7.58. The first-order valence-corrected chi connectivity index (χ1v) is 8.42. The number of rotatable bonds is 7. The lowest BCUT2D eigenvalue weighted by molar-refractivity contribution is 0.0669. The Morgan fingerprint density at radius 1 is 1.32 bits per heavy atom. The SMILES string of the molecule is CNCC1CCCN(C(=O)c2ccccc2OCCN(C)C)C1.Cl.Cl. The van der Waals surface area contributed by atoms with Crippen LogP contribution in [0.3, 0.4) is 0 Å². The fraction of sp³-hybridized carbons (Fsp3) is 0.611. The summed E-state index contributed by atoms with van der Waals surface area (Å²) in [5.74, 6) is 1.32. The van der Waals surface area contributed by atoms with Crippen LogP contribution in [0, 0.1) is 5.92 Å². The number of ether oxygens (including phenoxy) is 1. The van der Waals surface area contributed by atoms with Crippen molar-refractivity contribution in [1.82, 2.24) is 15.1 Å². The Bertz CT molecular complexity index is 513. The van der Waals surface area contributed by atoms with E-state index in [1.54, 1.807) is 0 Å². The monoisotopic (exact) mass is 391 g/mol. The fourth-order valence-electron chi connectivity index (χ4n) is 2.98. The minimum Gasteiger partial charge on any atom is -0.491 e. The van der Waals surface area contributed by atoms with Gasteiger partial charge in [-0.15, -0.1) is 24.8 Å². The quantitative estimate of drug-likeness (QED) is 0.775. The highest BCUT2D eigenvalue weighted by atomic mass is 35.5. The van der Waals surface area contributed by atoms with E-state index in [-0.39, 0.29) is 30.7 Å². The van der Waals surface area contributed by atoms with Crippen LogP contribution in [-0.4, -0.2) is 69.6 Å². The van der Waals surface area contributed by atoms with Crippen molar-refractivity contribution in [2.24, 2.45) is 5.92 Å². The van der Waals surface area contributed by atoms with Crippen LogP contribution in [0.2, 0.25) is 0 Å². The van der Waals surface area contributed by atoms with Gasteiger partial charge in [0.2, 0.25) is 0 Å². The number of likely N-dealkylation sites (N-methyl/N-ethyl adjacent to an activating group) is 1. The van der Waals surface area contributed by atoms with Crippen molar-refractivity contribution >= 4 is 30.7 Å². The summed E-state index contributed by atoms with van der Waals surface area (Å²) in [7, 11) is 5.99. The van der Waals surface area contributed by atoms with E-state index in [0.717, 1.165) is 32.6 Å². The Labute approximate surface area is 163 Å². The second kappa shape index (κ2) is 12.4. The molecule has 1 aromatic rings. The van der Waals surface area contributed by atoms with E-state index in [9.17, 15) is 4.79 Å². The van der Waals surface area contributed by atoms with E-state index in [0.29, 0.717) is 23.8 Å². The molecule has 0 aromatic heterocycles. The minimum absolute atomic E-state index is 0. The summed E-state index contributed by atoms with van der Waals surface area (Å²) in [6.07, 6.45) is 2.26. The van der Waals surface area contributed by atoms with Crippen LogP contribution in [0.4, 0.5) is 0 Å². The first kappa shape index (κ1) is 24.0. The standard InChI is InChI=1S/C18H29N3O2.2ClH/c1-19-13-15-7-6-10-21(14-15)18(22)16-8-4-5-9-17(16)23-12-11-20(2)3;;/h4-5,8-9,15,19H,6-7,10-14H2,1-3H3;2*1H. The van der Waals surface area contributed by atoms with Gasteiger partial charge in [0.25, 0.3) is 5.91 Å². The summed E-state index contributed by atoms with van der Waals surface area (Å²) in [5, 5.41) is 3.22. The number of carbonyl (C=O) groups is 1. The molecule has 1 atom stereocenters. The molecule has 0 aliphatic carbocycles. The average Bonchev–Trinajstić information content (AvgIpc) is 2.55. The van der Waals surface area contributed by atoms with E-state index in [2.05, 4.69) is 10.2 Å². The lowest BCUT2D eigenvalue weighted by Crippen LogP contribution is -2.42. The second-order valence-electron chi connectivity index (χ2n) is 6.46. The molecule has 1 N–H and O–H groups in total. The molecule has 1 fully saturated rings. The third-order valence-corrected chi connectivity index (χ3v) is 4.21. The second-order valence-corrected chi connectivity index (χ2v) is 6.46. The Hall–Kier alpha value is -1.01. The zero-order chi connectivity index (χ0) is 16.7. The number of nitrogens with zero attached hydrogens (tertiary/aromatic N) is 2. The zero-order valence-corrected chi connectivity index (χ0v) is 17.0. The number of hydrogen-bond donors (Lipinski definition) is 1. The van der Waals surface area contributed by atoms with Gasteiger partial charge in [-0.05, 0) is 58.6 Å². The van der Waals surface area contributed by atoms with Crippen LogP contribution in [0.5, 0.6) is 5.75 Å². The van der Waals surface area contributed by atoms with Gasteiger partial charge in [0.1, 0.15) is 12.4 Å². The highest BCUT2D eigenvalue weighted by Crippen LogP contribution is 2.23. The number of likely N-dealkylation sites (tertiary alicyclic amines) is 1. The molecule has 1 unspecified atom stereocenters. The van der Waals surface area contributed by atoms with E-state index in [1.807, 2.05) is 50.3 Å². The van der Waals surface area contributed by atoms with Crippen molar-refractivity contribution in [3.63, 3.8) is 0 Å². The van der Waals surface area contributed by atoms with E-state index < -0.39 is 0 Å². The van der Waals surface area contributed by atoms with Crippen molar-refractivity contribution < 1.29 is 9.53 Å². The van der Waals surface area contributed by atoms with Gasteiger partial charge < -0.3 is 19.9 Å². The first-order chi connectivity index (χ1) is 11.1. The molecule has 7 heteroatoms. The predicted molar refractivity (Wildman–Crippen MR) is 108 cm³/mol. The smallest absolute Gasteiger partial charge is 0.257 e. The number of para-hydroxylation sites is 1. The summed E-state index contributed by atoms with van der Waals surface area (Å²) in [6.45, 7) is 4.04. The molecule has 1 heterocycles. The summed E-state index contributed by atoms with van der Waals surface area (Å²) in [5.41, 5.74) is 0.677. The molecule has 1 amide bonds. The molecule has 0 bridgehead atoms. The fourth-order valence-corrected chi connectivity index (χ4v) is 2.98. The van der Waals surface area contributed by atoms with Gasteiger partial charge in [0.15, 0.2) is 0 Å². The van der Waals surface area contributed by atoms with Crippen molar-refractivity contribution in [2.45, 2.75) is 12.8 Å². The largest absolute Gasteiger partial charge is 0.491 e. The van der Waals surface area contributed by atoms with Crippen LogP contribution >= 0.6 is 24.8 Å². The number of carbonyl (C=O) groups excluding carboxylic acids is 1. The van der Waals surface area contributed by atoms with Gasteiger partial charge in [-0.1, -0.05) is 12.1 Å². The Balaban J connectivity index is 0.00000288. The summed E-state index contributed by atoms with van der Waals surface area (Å²) >= 11 is 0. The van der Waals surface area contributed by atoms with Gasteiger partial charge >= 0.3 is 0 Å². The normalized spacial score (nSPS) is 16.8. The number of halogens is 2. The number of nitrogens with one attached hydrogen (secondary N) is 1. The van der Waals surface area contributed by atoms with Crippen molar-refractivity contribution in [1.29, 1.82) is 0 Å². The zero-order valence-electron chi connectivity index (χ0n) is 15.4. The van der Waals surface area contributed by atoms with Gasteiger partial charge in [-0.3, -0.25) is 4.79 Å². The first-order valence-electron chi connectivity index (χ1n) is 8.42. The maximum atomic E-state index is 12.9. The van der Waals surface area contributed by atoms with Gasteiger partial charge in [-0.2, -0.15) is 0 Å². The molecule has 0 radical (unpaired) electrons. The van der Waals surface area contributed by atoms with E-state index in [1.165, 1.54) is 6.42 Å². The van der Waals surface area contributed by atoms with Crippen LogP contribution in [0.15, 0.2) is 24.3 Å². The van der Waals surface area contributed by atoms with Crippen LogP contribution < -0.4 is 10.1 Å². The maximum Gasteiger partial charge on any atom is 0.257 e. The number of piperidine rings is 1. The molecule has 2 rings (SSSR count). The van der Waals surface area contributed by atoms with Gasteiger partial charge in [0.05, 0.1) is 5.56 Å². The average molecular weight is 392 g/mol. The maximum absolute atomic E-state index is 12.9. The van der Waals surface area contributed by atoms with Gasteiger partial charge in [0, 0.05) is 19.6 Å². The Morgan fingerprint density at radius 3 is 2.72 bits per heavy atom.